The van der Waals surface area contributed by atoms with Gasteiger partial charge in [0, 0.05) is 25.2 Å². The van der Waals surface area contributed by atoms with Gasteiger partial charge < -0.3 is 10.2 Å². The van der Waals surface area contributed by atoms with Crippen LogP contribution in [0.15, 0.2) is 53.3 Å². The molecule has 1 saturated carbocycles. The molecule has 0 aliphatic heterocycles. The zero-order chi connectivity index (χ0) is 23.8. The zero-order valence-corrected chi connectivity index (χ0v) is 17.9. The number of aromatic nitrogens is 2. The molecule has 33 heavy (non-hydrogen) atoms. The first-order valence-corrected chi connectivity index (χ1v) is 10.5. The number of rotatable bonds is 7. The summed E-state index contributed by atoms with van der Waals surface area (Å²) >= 11 is 0. The van der Waals surface area contributed by atoms with Gasteiger partial charge in [-0.1, -0.05) is 24.3 Å². The van der Waals surface area contributed by atoms with Crippen LogP contribution in [0.1, 0.15) is 28.8 Å². The van der Waals surface area contributed by atoms with Crippen molar-refractivity contribution in [1.29, 1.82) is 0 Å². The van der Waals surface area contributed by atoms with Crippen molar-refractivity contribution in [3.8, 4) is 0 Å². The van der Waals surface area contributed by atoms with Crippen molar-refractivity contribution in [3.63, 3.8) is 0 Å². The highest BCUT2D eigenvalue weighted by Gasteiger charge is 2.33. The number of benzene rings is 2. The third-order valence-corrected chi connectivity index (χ3v) is 5.67. The number of halogens is 3. The van der Waals surface area contributed by atoms with E-state index >= 15 is 0 Å². The highest BCUT2D eigenvalue weighted by molar-refractivity contribution is 5.94. The number of nitrogens with zero attached hydrogens (tertiary/aromatic N) is 3. The lowest BCUT2D eigenvalue weighted by Crippen LogP contribution is -2.37. The van der Waals surface area contributed by atoms with Gasteiger partial charge in [0.1, 0.15) is 13.1 Å². The molecule has 4 rings (SSSR count). The van der Waals surface area contributed by atoms with Gasteiger partial charge in [0.25, 0.3) is 5.91 Å². The van der Waals surface area contributed by atoms with Gasteiger partial charge in [0.2, 0.25) is 5.91 Å². The largest absolute Gasteiger partial charge is 0.405 e. The number of carbonyl (C=O) groups excluding carboxylic acids is 2. The Morgan fingerprint density at radius 1 is 1.06 bits per heavy atom. The van der Waals surface area contributed by atoms with E-state index in [1.165, 1.54) is 21.3 Å². The highest BCUT2D eigenvalue weighted by atomic mass is 19.4. The summed E-state index contributed by atoms with van der Waals surface area (Å²) in [7, 11) is 1.66. The van der Waals surface area contributed by atoms with Gasteiger partial charge in [-0.25, -0.2) is 4.79 Å². The van der Waals surface area contributed by atoms with E-state index < -0.39 is 18.6 Å². The van der Waals surface area contributed by atoms with Crippen molar-refractivity contribution in [1.82, 2.24) is 19.4 Å². The van der Waals surface area contributed by atoms with Crippen LogP contribution < -0.4 is 11.0 Å². The highest BCUT2D eigenvalue weighted by Crippen LogP contribution is 2.29. The summed E-state index contributed by atoms with van der Waals surface area (Å²) in [5, 5.41) is 1.83. The topological polar surface area (TPSA) is 76.3 Å². The molecule has 1 fully saturated rings. The molecule has 1 aliphatic carbocycles. The van der Waals surface area contributed by atoms with E-state index in [1.54, 1.807) is 30.1 Å². The number of nitrogens with one attached hydrogen (secondary N) is 1. The van der Waals surface area contributed by atoms with Crippen LogP contribution in [0.2, 0.25) is 0 Å². The van der Waals surface area contributed by atoms with E-state index in [-0.39, 0.29) is 36.3 Å². The van der Waals surface area contributed by atoms with Crippen LogP contribution in [0.4, 0.5) is 13.2 Å². The minimum absolute atomic E-state index is 0.0814. The lowest BCUT2D eigenvalue weighted by Gasteiger charge is -2.23. The molecule has 1 heterocycles. The first-order valence-electron chi connectivity index (χ1n) is 10.5. The van der Waals surface area contributed by atoms with Crippen molar-refractivity contribution in [2.75, 3.05) is 6.54 Å². The lowest BCUT2D eigenvalue weighted by molar-refractivity contribution is -0.133. The number of fused-ring (bicyclic) bond motifs is 1. The number of amides is 2. The fourth-order valence-electron chi connectivity index (χ4n) is 3.79. The molecule has 174 valence electrons. The Balaban J connectivity index is 1.47. The molecule has 2 aromatic carbocycles. The summed E-state index contributed by atoms with van der Waals surface area (Å²) < 4.78 is 39.8. The molecule has 10 heteroatoms. The van der Waals surface area contributed by atoms with Crippen LogP contribution in [-0.4, -0.2) is 44.6 Å². The van der Waals surface area contributed by atoms with Gasteiger partial charge in [-0.05, 0) is 42.7 Å². The summed E-state index contributed by atoms with van der Waals surface area (Å²) in [6.45, 7) is -1.20. The van der Waals surface area contributed by atoms with Crippen LogP contribution in [0.3, 0.4) is 0 Å². The molecule has 0 unspecified atom stereocenters. The molecular weight excluding hydrogens is 437 g/mol. The number of imidazole rings is 1. The molecule has 3 aromatic rings. The number of hydrogen-bond donors (Lipinski definition) is 1. The van der Waals surface area contributed by atoms with Gasteiger partial charge in [-0.3, -0.25) is 18.7 Å². The number of alkyl halides is 3. The summed E-state index contributed by atoms with van der Waals surface area (Å²) in [5.41, 5.74) is 2.01. The lowest BCUT2D eigenvalue weighted by atomic mass is 10.1. The Bertz CT molecular complexity index is 1240. The molecule has 2 amide bonds. The van der Waals surface area contributed by atoms with Crippen molar-refractivity contribution in [2.45, 2.75) is 38.1 Å². The zero-order valence-electron chi connectivity index (χ0n) is 17.9. The molecular formula is C23H23F3N4O3. The summed E-state index contributed by atoms with van der Waals surface area (Å²) in [6, 6.07) is 13.5. The van der Waals surface area contributed by atoms with Crippen molar-refractivity contribution in [3.05, 3.63) is 70.1 Å². The molecule has 0 spiro atoms. The predicted molar refractivity (Wildman–Crippen MR) is 116 cm³/mol. The van der Waals surface area contributed by atoms with Gasteiger partial charge in [0.05, 0.1) is 11.0 Å². The normalized spacial score (nSPS) is 13.8. The van der Waals surface area contributed by atoms with E-state index in [1.807, 2.05) is 23.5 Å². The second-order valence-electron chi connectivity index (χ2n) is 8.16. The Kier molecular flexibility index (Phi) is 6.01. The summed E-state index contributed by atoms with van der Waals surface area (Å²) in [6.07, 6.45) is -2.74. The van der Waals surface area contributed by atoms with Gasteiger partial charge >= 0.3 is 11.9 Å². The molecule has 0 radical (unpaired) electrons. The Morgan fingerprint density at radius 2 is 1.70 bits per heavy atom. The predicted octanol–water partition coefficient (Wildman–Crippen LogP) is 2.82. The molecule has 0 saturated heterocycles. The maximum absolute atomic E-state index is 13.1. The van der Waals surface area contributed by atoms with Crippen LogP contribution in [0, 0.1) is 0 Å². The fourth-order valence-corrected chi connectivity index (χ4v) is 3.79. The first-order chi connectivity index (χ1) is 15.6. The first kappa shape index (κ1) is 22.6. The Morgan fingerprint density at radius 3 is 2.30 bits per heavy atom. The van der Waals surface area contributed by atoms with Crippen molar-refractivity contribution < 1.29 is 22.8 Å². The third-order valence-electron chi connectivity index (χ3n) is 5.67. The fraction of sp³-hybridized carbons (Fsp3) is 0.348. The van der Waals surface area contributed by atoms with Crippen LogP contribution in [0.25, 0.3) is 11.0 Å². The van der Waals surface area contributed by atoms with E-state index in [9.17, 15) is 27.6 Å². The van der Waals surface area contributed by atoms with E-state index in [2.05, 4.69) is 0 Å². The van der Waals surface area contributed by atoms with E-state index in [4.69, 9.17) is 0 Å². The molecule has 1 aliphatic rings. The summed E-state index contributed by atoms with van der Waals surface area (Å²) in [5.74, 6) is -1.01. The average Bonchev–Trinajstić information content (AvgIpc) is 3.60. The monoisotopic (exact) mass is 460 g/mol. The molecule has 0 atom stereocenters. The molecule has 1 N–H and O–H groups in total. The maximum Gasteiger partial charge on any atom is 0.405 e. The van der Waals surface area contributed by atoms with Gasteiger partial charge in [0.15, 0.2) is 0 Å². The SMILES string of the molecule is Cn1c(=O)n(CC(=O)N(Cc2ccc(C(=O)NCC(F)(F)F)cc2)C2CC2)c2ccccc21. The number of para-hydroxylation sites is 2. The Hall–Kier alpha value is -3.56. The number of carbonyl (C=O) groups is 2. The van der Waals surface area contributed by atoms with E-state index in [0.717, 1.165) is 23.9 Å². The van der Waals surface area contributed by atoms with Crippen LogP contribution >= 0.6 is 0 Å². The standard InChI is InChI=1S/C23H23F3N4O3/c1-28-18-4-2-3-5-19(18)30(22(28)33)13-20(31)29(17-10-11-17)12-15-6-8-16(9-7-15)21(32)27-14-23(24,25)26/h2-9,17H,10-14H2,1H3,(H,27,32). The van der Waals surface area contributed by atoms with Gasteiger partial charge in [-0.15, -0.1) is 0 Å². The Labute approximate surface area is 187 Å². The van der Waals surface area contributed by atoms with Crippen LogP contribution in [-0.2, 0) is 24.9 Å². The summed E-state index contributed by atoms with van der Waals surface area (Å²) in [4.78, 5) is 39.4. The third kappa shape index (κ3) is 5.10. The van der Waals surface area contributed by atoms with Crippen molar-refractivity contribution in [2.24, 2.45) is 7.05 Å². The maximum atomic E-state index is 13.1. The molecule has 0 bridgehead atoms. The van der Waals surface area contributed by atoms with Crippen molar-refractivity contribution >= 4 is 22.8 Å². The number of aryl methyl sites for hydroxylation is 1. The smallest absolute Gasteiger partial charge is 0.343 e. The average molecular weight is 460 g/mol. The second-order valence-corrected chi connectivity index (χ2v) is 8.16. The molecule has 1 aromatic heterocycles. The quantitative estimate of drug-likeness (QED) is 0.589. The van der Waals surface area contributed by atoms with Crippen LogP contribution in [0.5, 0.6) is 0 Å². The minimum Gasteiger partial charge on any atom is -0.343 e. The minimum atomic E-state index is -4.48. The van der Waals surface area contributed by atoms with Gasteiger partial charge in [-0.2, -0.15) is 13.2 Å². The van der Waals surface area contributed by atoms with E-state index in [0.29, 0.717) is 5.52 Å². The second kappa shape index (κ2) is 8.76. The number of hydrogen-bond acceptors (Lipinski definition) is 3. The molecule has 7 nitrogen and oxygen atoms in total.